The lowest BCUT2D eigenvalue weighted by Gasteiger charge is -2.16. The number of esters is 1. The predicted octanol–water partition coefficient (Wildman–Crippen LogP) is 4.68. The molecule has 0 unspecified atom stereocenters. The van der Waals surface area contributed by atoms with Crippen molar-refractivity contribution in [3.05, 3.63) is 70.9 Å². The second-order valence-electron chi connectivity index (χ2n) is 5.69. The molecule has 132 valence electrons. The van der Waals surface area contributed by atoms with Crippen LogP contribution in [-0.2, 0) is 11.3 Å². The largest absolute Gasteiger partial charge is 0.490 e. The van der Waals surface area contributed by atoms with Crippen LogP contribution >= 0.6 is 11.3 Å². The van der Waals surface area contributed by atoms with Crippen molar-refractivity contribution in [3.8, 4) is 21.9 Å². The van der Waals surface area contributed by atoms with Crippen LogP contribution in [0.2, 0.25) is 0 Å². The SMILES string of the molecule is O=C(OCCOc1ccc(F)cc1)c1cc2c(s1)-c1ccccc1OC2. The number of rotatable bonds is 5. The monoisotopic (exact) mass is 370 g/mol. The third kappa shape index (κ3) is 3.41. The number of fused-ring (bicyclic) bond motifs is 3. The summed E-state index contributed by atoms with van der Waals surface area (Å²) in [6, 6.07) is 15.3. The van der Waals surface area contributed by atoms with Gasteiger partial charge in [0.15, 0.2) is 0 Å². The smallest absolute Gasteiger partial charge is 0.348 e. The Morgan fingerprint density at radius 1 is 1.12 bits per heavy atom. The van der Waals surface area contributed by atoms with E-state index in [1.165, 1.54) is 35.6 Å². The molecule has 26 heavy (non-hydrogen) atoms. The lowest BCUT2D eigenvalue weighted by atomic mass is 10.1. The zero-order valence-electron chi connectivity index (χ0n) is 13.7. The summed E-state index contributed by atoms with van der Waals surface area (Å²) in [7, 11) is 0. The van der Waals surface area contributed by atoms with Crippen molar-refractivity contribution < 1.29 is 23.4 Å². The van der Waals surface area contributed by atoms with E-state index >= 15 is 0 Å². The summed E-state index contributed by atoms with van der Waals surface area (Å²) in [5, 5.41) is 0. The van der Waals surface area contributed by atoms with Crippen LogP contribution in [0.15, 0.2) is 54.6 Å². The van der Waals surface area contributed by atoms with Crippen molar-refractivity contribution in [2.45, 2.75) is 6.61 Å². The van der Waals surface area contributed by atoms with Crippen molar-refractivity contribution in [1.82, 2.24) is 0 Å². The maximum absolute atomic E-state index is 12.8. The highest BCUT2D eigenvalue weighted by molar-refractivity contribution is 7.17. The van der Waals surface area contributed by atoms with Gasteiger partial charge in [0.2, 0.25) is 0 Å². The molecule has 4 rings (SSSR count). The lowest BCUT2D eigenvalue weighted by molar-refractivity contribution is 0.0456. The van der Waals surface area contributed by atoms with Crippen molar-refractivity contribution in [2.75, 3.05) is 13.2 Å². The van der Waals surface area contributed by atoms with Crippen LogP contribution in [0.3, 0.4) is 0 Å². The van der Waals surface area contributed by atoms with Crippen molar-refractivity contribution in [3.63, 3.8) is 0 Å². The highest BCUT2D eigenvalue weighted by Crippen LogP contribution is 2.42. The maximum atomic E-state index is 12.8. The van der Waals surface area contributed by atoms with E-state index in [-0.39, 0.29) is 25.0 Å². The molecule has 0 atom stereocenters. The van der Waals surface area contributed by atoms with Gasteiger partial charge in [0.05, 0.1) is 0 Å². The molecule has 6 heteroatoms. The second kappa shape index (κ2) is 7.17. The lowest BCUT2D eigenvalue weighted by Crippen LogP contribution is -2.11. The molecule has 1 aromatic heterocycles. The highest BCUT2D eigenvalue weighted by Gasteiger charge is 2.22. The number of hydrogen-bond donors (Lipinski definition) is 0. The minimum Gasteiger partial charge on any atom is -0.490 e. The van der Waals surface area contributed by atoms with Gasteiger partial charge in [-0.25, -0.2) is 9.18 Å². The van der Waals surface area contributed by atoms with Crippen LogP contribution in [0.4, 0.5) is 4.39 Å². The molecule has 0 radical (unpaired) electrons. The Bertz CT molecular complexity index is 933. The number of ether oxygens (including phenoxy) is 3. The molecule has 1 aliphatic rings. The van der Waals surface area contributed by atoms with E-state index in [1.807, 2.05) is 30.3 Å². The molecule has 0 saturated carbocycles. The van der Waals surface area contributed by atoms with Gasteiger partial charge in [-0.3, -0.25) is 0 Å². The summed E-state index contributed by atoms with van der Waals surface area (Å²) >= 11 is 1.41. The quantitative estimate of drug-likeness (QED) is 0.483. The van der Waals surface area contributed by atoms with Crippen LogP contribution in [0.25, 0.3) is 10.4 Å². The Hall–Kier alpha value is -2.86. The zero-order chi connectivity index (χ0) is 17.9. The van der Waals surface area contributed by atoms with Crippen molar-refractivity contribution >= 4 is 17.3 Å². The average Bonchev–Trinajstić information content (AvgIpc) is 3.11. The third-order valence-corrected chi connectivity index (χ3v) is 5.11. The van der Waals surface area contributed by atoms with E-state index in [4.69, 9.17) is 14.2 Å². The van der Waals surface area contributed by atoms with E-state index in [0.717, 1.165) is 21.8 Å². The number of hydrogen-bond acceptors (Lipinski definition) is 5. The van der Waals surface area contributed by atoms with Gasteiger partial charge < -0.3 is 14.2 Å². The summed E-state index contributed by atoms with van der Waals surface area (Å²) in [6.45, 7) is 0.768. The molecule has 0 N–H and O–H groups in total. The first-order valence-corrected chi connectivity index (χ1v) is 8.93. The van der Waals surface area contributed by atoms with Crippen LogP contribution in [0.5, 0.6) is 11.5 Å². The first-order valence-electron chi connectivity index (χ1n) is 8.11. The molecule has 0 fully saturated rings. The van der Waals surface area contributed by atoms with E-state index in [9.17, 15) is 9.18 Å². The summed E-state index contributed by atoms with van der Waals surface area (Å²) in [6.07, 6.45) is 0. The van der Waals surface area contributed by atoms with Crippen LogP contribution in [0.1, 0.15) is 15.2 Å². The minimum atomic E-state index is -0.385. The Morgan fingerprint density at radius 2 is 1.92 bits per heavy atom. The molecule has 0 saturated heterocycles. The molecule has 3 aromatic rings. The standard InChI is InChI=1S/C20H15FO4S/c21-14-5-7-15(8-6-14)23-9-10-24-20(22)18-11-13-12-25-17-4-2-1-3-16(17)19(13)26-18/h1-8,11H,9-10,12H2. The van der Waals surface area contributed by atoms with Gasteiger partial charge in [-0.2, -0.15) is 0 Å². The summed E-state index contributed by atoms with van der Waals surface area (Å²) in [4.78, 5) is 13.9. The van der Waals surface area contributed by atoms with E-state index in [1.54, 1.807) is 0 Å². The Balaban J connectivity index is 1.36. The van der Waals surface area contributed by atoms with Crippen molar-refractivity contribution in [1.29, 1.82) is 0 Å². The normalized spacial score (nSPS) is 11.9. The van der Waals surface area contributed by atoms with Gasteiger partial charge in [-0.05, 0) is 42.5 Å². The molecular formula is C20H15FO4S. The predicted molar refractivity (Wildman–Crippen MR) is 96.3 cm³/mol. The van der Waals surface area contributed by atoms with Gasteiger partial charge >= 0.3 is 5.97 Å². The van der Waals surface area contributed by atoms with Gasteiger partial charge in [0.25, 0.3) is 0 Å². The molecule has 2 heterocycles. The van der Waals surface area contributed by atoms with Gasteiger partial charge in [0, 0.05) is 16.0 Å². The fraction of sp³-hybridized carbons (Fsp3) is 0.150. The van der Waals surface area contributed by atoms with Crippen molar-refractivity contribution in [2.24, 2.45) is 0 Å². The molecule has 0 bridgehead atoms. The second-order valence-corrected chi connectivity index (χ2v) is 6.74. The molecule has 4 nitrogen and oxygen atoms in total. The van der Waals surface area contributed by atoms with E-state index < -0.39 is 0 Å². The third-order valence-electron chi connectivity index (χ3n) is 3.92. The zero-order valence-corrected chi connectivity index (χ0v) is 14.6. The maximum Gasteiger partial charge on any atom is 0.348 e. The fourth-order valence-corrected chi connectivity index (χ4v) is 3.79. The molecule has 0 amide bonds. The summed E-state index contributed by atoms with van der Waals surface area (Å²) < 4.78 is 29.2. The molecule has 0 spiro atoms. The number of benzene rings is 2. The van der Waals surface area contributed by atoms with Crippen LogP contribution < -0.4 is 9.47 Å². The topological polar surface area (TPSA) is 44.8 Å². The van der Waals surface area contributed by atoms with Gasteiger partial charge in [-0.15, -0.1) is 11.3 Å². The Labute approximate surface area is 153 Å². The van der Waals surface area contributed by atoms with Gasteiger partial charge in [-0.1, -0.05) is 12.1 Å². The number of thiophene rings is 1. The number of carbonyl (C=O) groups is 1. The number of carbonyl (C=O) groups excluding carboxylic acids is 1. The Morgan fingerprint density at radius 3 is 2.77 bits per heavy atom. The molecule has 1 aliphatic heterocycles. The summed E-state index contributed by atoms with van der Waals surface area (Å²) in [5.41, 5.74) is 1.99. The first-order chi connectivity index (χ1) is 12.7. The molecule has 2 aromatic carbocycles. The minimum absolute atomic E-state index is 0.117. The number of para-hydroxylation sites is 1. The molecular weight excluding hydrogens is 355 g/mol. The number of halogens is 1. The van der Waals surface area contributed by atoms with Gasteiger partial charge in [0.1, 0.15) is 42.0 Å². The van der Waals surface area contributed by atoms with Crippen LogP contribution in [-0.4, -0.2) is 19.2 Å². The highest BCUT2D eigenvalue weighted by atomic mass is 32.1. The van der Waals surface area contributed by atoms with E-state index in [0.29, 0.717) is 17.2 Å². The first kappa shape index (κ1) is 16.6. The fourth-order valence-electron chi connectivity index (χ4n) is 2.70. The average molecular weight is 370 g/mol. The Kier molecular flexibility index (Phi) is 4.58. The molecule has 0 aliphatic carbocycles. The van der Waals surface area contributed by atoms with Crippen LogP contribution in [0, 0.1) is 5.82 Å². The summed E-state index contributed by atoms with van der Waals surface area (Å²) in [5.74, 6) is 0.651. The van der Waals surface area contributed by atoms with E-state index in [2.05, 4.69) is 0 Å².